The lowest BCUT2D eigenvalue weighted by atomic mass is 9.99. The summed E-state index contributed by atoms with van der Waals surface area (Å²) in [4.78, 5) is 14.2. The number of benzene rings is 1. The van der Waals surface area contributed by atoms with Crippen molar-refractivity contribution < 1.29 is 4.79 Å². The van der Waals surface area contributed by atoms with E-state index in [0.29, 0.717) is 6.54 Å². The summed E-state index contributed by atoms with van der Waals surface area (Å²) >= 11 is 0. The molecule has 92 valence electrons. The minimum absolute atomic E-state index is 0.126. The van der Waals surface area contributed by atoms with Crippen LogP contribution in [0, 0.1) is 0 Å². The van der Waals surface area contributed by atoms with Crippen LogP contribution in [0.3, 0.4) is 0 Å². The van der Waals surface area contributed by atoms with E-state index in [-0.39, 0.29) is 5.91 Å². The van der Waals surface area contributed by atoms with E-state index in [1.807, 2.05) is 48.6 Å². The van der Waals surface area contributed by atoms with Crippen LogP contribution < -0.4 is 0 Å². The van der Waals surface area contributed by atoms with Crippen molar-refractivity contribution in [1.29, 1.82) is 0 Å². The molecule has 1 aromatic heterocycles. The third-order valence-corrected chi connectivity index (χ3v) is 3.32. The first-order valence-corrected chi connectivity index (χ1v) is 6.09. The van der Waals surface area contributed by atoms with Crippen molar-refractivity contribution in [2.45, 2.75) is 13.0 Å². The number of amides is 1. The molecule has 0 bridgehead atoms. The number of hydrogen-bond donors (Lipinski definition) is 0. The highest BCUT2D eigenvalue weighted by molar-refractivity contribution is 5.96. The number of carbonyl (C=O) groups excluding carboxylic acids is 1. The van der Waals surface area contributed by atoms with Crippen molar-refractivity contribution in [3.8, 4) is 0 Å². The minimum Gasteiger partial charge on any atom is -0.334 e. The van der Waals surface area contributed by atoms with Crippen LogP contribution >= 0.6 is 0 Å². The fraction of sp³-hybridized carbons (Fsp3) is 0.286. The molecular formula is C14H15N3O. The molecule has 4 heteroatoms. The molecule has 0 N–H and O–H groups in total. The highest BCUT2D eigenvalue weighted by Gasteiger charge is 2.23. The Morgan fingerprint density at radius 1 is 1.33 bits per heavy atom. The van der Waals surface area contributed by atoms with E-state index in [1.54, 1.807) is 4.68 Å². The molecular weight excluding hydrogens is 226 g/mol. The highest BCUT2D eigenvalue weighted by Crippen LogP contribution is 2.20. The lowest BCUT2D eigenvalue weighted by molar-refractivity contribution is 0.0727. The van der Waals surface area contributed by atoms with Crippen molar-refractivity contribution in [3.63, 3.8) is 0 Å². The molecule has 0 saturated carbocycles. The molecule has 18 heavy (non-hydrogen) atoms. The van der Waals surface area contributed by atoms with Gasteiger partial charge in [-0.1, -0.05) is 18.2 Å². The lowest BCUT2D eigenvalue weighted by Gasteiger charge is -2.28. The molecule has 0 aliphatic carbocycles. The van der Waals surface area contributed by atoms with Crippen LogP contribution in [0.5, 0.6) is 0 Å². The molecule has 0 radical (unpaired) electrons. The van der Waals surface area contributed by atoms with Crippen molar-refractivity contribution in [3.05, 3.63) is 53.3 Å². The molecule has 3 rings (SSSR count). The van der Waals surface area contributed by atoms with Gasteiger partial charge >= 0.3 is 0 Å². The summed E-state index contributed by atoms with van der Waals surface area (Å²) in [6, 6.07) is 7.86. The van der Waals surface area contributed by atoms with Gasteiger partial charge in [0, 0.05) is 37.5 Å². The van der Waals surface area contributed by atoms with Gasteiger partial charge in [0.25, 0.3) is 5.91 Å². The average molecular weight is 241 g/mol. The van der Waals surface area contributed by atoms with Gasteiger partial charge in [0.1, 0.15) is 0 Å². The Kier molecular flexibility index (Phi) is 2.63. The predicted octanol–water partition coefficient (Wildman–Crippen LogP) is 1.62. The number of fused-ring (bicyclic) bond motifs is 1. The van der Waals surface area contributed by atoms with Crippen molar-refractivity contribution >= 4 is 5.91 Å². The summed E-state index contributed by atoms with van der Waals surface area (Å²) in [7, 11) is 1.89. The maximum absolute atomic E-state index is 12.3. The van der Waals surface area contributed by atoms with Crippen LogP contribution in [0.15, 0.2) is 36.7 Å². The Hall–Kier alpha value is -2.10. The van der Waals surface area contributed by atoms with Gasteiger partial charge in [-0.3, -0.25) is 9.48 Å². The van der Waals surface area contributed by atoms with Crippen molar-refractivity contribution in [1.82, 2.24) is 14.7 Å². The zero-order valence-corrected chi connectivity index (χ0v) is 10.3. The van der Waals surface area contributed by atoms with Crippen LogP contribution in [-0.4, -0.2) is 27.1 Å². The van der Waals surface area contributed by atoms with Gasteiger partial charge in [-0.05, 0) is 18.1 Å². The molecule has 1 aliphatic rings. The van der Waals surface area contributed by atoms with Crippen LogP contribution in [0.4, 0.5) is 0 Å². The standard InChI is InChI=1S/C14H15N3O/c1-16-9-11(8-15-16)10-17-7-6-12-4-2-3-5-13(12)14(17)18/h2-5,8-9H,6-7,10H2,1H3. The highest BCUT2D eigenvalue weighted by atomic mass is 16.2. The van der Waals surface area contributed by atoms with Crippen LogP contribution in [0.2, 0.25) is 0 Å². The van der Waals surface area contributed by atoms with Crippen LogP contribution in [0.1, 0.15) is 21.5 Å². The van der Waals surface area contributed by atoms with E-state index in [2.05, 4.69) is 5.10 Å². The summed E-state index contributed by atoms with van der Waals surface area (Å²) < 4.78 is 1.76. The fourth-order valence-corrected chi connectivity index (χ4v) is 2.40. The summed E-state index contributed by atoms with van der Waals surface area (Å²) in [6.07, 6.45) is 4.70. The van der Waals surface area contributed by atoms with E-state index < -0.39 is 0 Å². The van der Waals surface area contributed by atoms with E-state index in [0.717, 1.165) is 29.7 Å². The Morgan fingerprint density at radius 2 is 2.17 bits per heavy atom. The first-order valence-electron chi connectivity index (χ1n) is 6.09. The van der Waals surface area contributed by atoms with Gasteiger partial charge in [0.2, 0.25) is 0 Å². The molecule has 2 heterocycles. The summed E-state index contributed by atoms with van der Waals surface area (Å²) in [6.45, 7) is 1.42. The molecule has 0 saturated heterocycles. The molecule has 0 unspecified atom stereocenters. The molecule has 0 atom stereocenters. The van der Waals surface area contributed by atoms with Gasteiger partial charge in [-0.25, -0.2) is 0 Å². The van der Waals surface area contributed by atoms with Crippen molar-refractivity contribution in [2.75, 3.05) is 6.54 Å². The second-order valence-corrected chi connectivity index (χ2v) is 4.66. The Bertz CT molecular complexity index is 588. The van der Waals surface area contributed by atoms with Crippen molar-refractivity contribution in [2.24, 2.45) is 7.05 Å². The molecule has 1 amide bonds. The average Bonchev–Trinajstić information content (AvgIpc) is 2.79. The van der Waals surface area contributed by atoms with E-state index >= 15 is 0 Å². The Balaban J connectivity index is 1.82. The SMILES string of the molecule is Cn1cc(CN2CCc3ccccc3C2=O)cn1. The maximum Gasteiger partial charge on any atom is 0.254 e. The smallest absolute Gasteiger partial charge is 0.254 e. The van der Waals surface area contributed by atoms with Gasteiger partial charge in [0.05, 0.1) is 6.20 Å². The van der Waals surface area contributed by atoms with E-state index in [1.165, 1.54) is 0 Å². The summed E-state index contributed by atoms with van der Waals surface area (Å²) in [5, 5.41) is 4.13. The number of rotatable bonds is 2. The monoisotopic (exact) mass is 241 g/mol. The van der Waals surface area contributed by atoms with E-state index in [9.17, 15) is 4.79 Å². The molecule has 4 nitrogen and oxygen atoms in total. The minimum atomic E-state index is 0.126. The Morgan fingerprint density at radius 3 is 2.94 bits per heavy atom. The number of nitrogens with zero attached hydrogens (tertiary/aromatic N) is 3. The third kappa shape index (κ3) is 1.90. The normalized spacial score (nSPS) is 14.7. The number of aryl methyl sites for hydroxylation is 1. The molecule has 2 aromatic rings. The number of hydrogen-bond acceptors (Lipinski definition) is 2. The quantitative estimate of drug-likeness (QED) is 0.801. The molecule has 0 fully saturated rings. The number of aromatic nitrogens is 2. The second-order valence-electron chi connectivity index (χ2n) is 4.66. The van der Waals surface area contributed by atoms with Gasteiger partial charge in [-0.15, -0.1) is 0 Å². The molecule has 1 aromatic carbocycles. The van der Waals surface area contributed by atoms with Crippen LogP contribution in [0.25, 0.3) is 0 Å². The fourth-order valence-electron chi connectivity index (χ4n) is 2.40. The molecule has 1 aliphatic heterocycles. The largest absolute Gasteiger partial charge is 0.334 e. The Labute approximate surface area is 106 Å². The first-order chi connectivity index (χ1) is 8.74. The summed E-state index contributed by atoms with van der Waals surface area (Å²) in [5.74, 6) is 0.126. The molecule has 0 spiro atoms. The van der Waals surface area contributed by atoms with Crippen LogP contribution in [-0.2, 0) is 20.0 Å². The maximum atomic E-state index is 12.3. The zero-order chi connectivity index (χ0) is 12.5. The zero-order valence-electron chi connectivity index (χ0n) is 10.3. The predicted molar refractivity (Wildman–Crippen MR) is 68.1 cm³/mol. The van der Waals surface area contributed by atoms with Gasteiger partial charge < -0.3 is 4.90 Å². The summed E-state index contributed by atoms with van der Waals surface area (Å²) in [5.41, 5.74) is 3.07. The van der Waals surface area contributed by atoms with E-state index in [4.69, 9.17) is 0 Å². The third-order valence-electron chi connectivity index (χ3n) is 3.32. The topological polar surface area (TPSA) is 38.1 Å². The second kappa shape index (κ2) is 4.29. The van der Waals surface area contributed by atoms with Gasteiger partial charge in [-0.2, -0.15) is 5.10 Å². The lowest BCUT2D eigenvalue weighted by Crippen LogP contribution is -2.36. The number of carbonyl (C=O) groups is 1. The first kappa shape index (κ1) is 11.0. The van der Waals surface area contributed by atoms with Gasteiger partial charge in [0.15, 0.2) is 0 Å².